The van der Waals surface area contributed by atoms with Gasteiger partial charge in [-0.25, -0.2) is 9.37 Å². The molecular weight excluding hydrogens is 563 g/mol. The van der Waals surface area contributed by atoms with Gasteiger partial charge in [-0.3, -0.25) is 4.68 Å². The second-order valence-corrected chi connectivity index (χ2v) is 12.1. The predicted molar refractivity (Wildman–Crippen MR) is 155 cm³/mol. The fraction of sp³-hybridized carbons (Fsp3) is 0.536. The average molecular weight is 602 g/mol. The Labute approximate surface area is 238 Å². The summed E-state index contributed by atoms with van der Waals surface area (Å²) < 4.78 is 16.7. The fourth-order valence-electron chi connectivity index (χ4n) is 5.66. The topological polar surface area (TPSA) is 94.4 Å². The van der Waals surface area contributed by atoms with E-state index in [0.29, 0.717) is 39.6 Å². The first-order chi connectivity index (χ1) is 18.6. The van der Waals surface area contributed by atoms with E-state index in [4.69, 9.17) is 5.10 Å². The summed E-state index contributed by atoms with van der Waals surface area (Å²) in [6.45, 7) is 9.92. The van der Waals surface area contributed by atoms with Crippen molar-refractivity contribution in [3.8, 4) is 0 Å². The number of likely N-dealkylation sites (tertiary alicyclic amines) is 2. The summed E-state index contributed by atoms with van der Waals surface area (Å²) in [4.78, 5) is 14.2. The van der Waals surface area contributed by atoms with Crippen LogP contribution < -0.4 is 10.6 Å². The molecule has 2 aliphatic rings. The van der Waals surface area contributed by atoms with Crippen LogP contribution in [0.1, 0.15) is 56.8 Å². The van der Waals surface area contributed by atoms with Crippen molar-refractivity contribution >= 4 is 39.1 Å². The maximum absolute atomic E-state index is 13.9. The van der Waals surface area contributed by atoms with Gasteiger partial charge in [0.15, 0.2) is 0 Å². The SMILES string of the molecule is Cc1c(Nc2ncc(Br)c(Nc3ccc(F)cc3C(C)(C)O)n2)cnn1C1CCN(C2CCN(C)CC2)CC1. The first-order valence-electron chi connectivity index (χ1n) is 13.6. The van der Waals surface area contributed by atoms with Crippen LogP contribution in [0.25, 0.3) is 0 Å². The molecule has 3 N–H and O–H groups in total. The highest BCUT2D eigenvalue weighted by Gasteiger charge is 2.29. The highest BCUT2D eigenvalue weighted by molar-refractivity contribution is 9.10. The number of piperidine rings is 2. The predicted octanol–water partition coefficient (Wildman–Crippen LogP) is 5.33. The molecule has 39 heavy (non-hydrogen) atoms. The van der Waals surface area contributed by atoms with Gasteiger partial charge in [0.2, 0.25) is 5.95 Å². The Hall–Kier alpha value is -2.60. The molecule has 5 rings (SSSR count). The van der Waals surface area contributed by atoms with E-state index in [9.17, 15) is 9.50 Å². The third kappa shape index (κ3) is 6.42. The largest absolute Gasteiger partial charge is 0.386 e. The van der Waals surface area contributed by atoms with E-state index in [1.54, 1.807) is 26.1 Å². The molecule has 2 aliphatic heterocycles. The highest BCUT2D eigenvalue weighted by atomic mass is 79.9. The number of hydrogen-bond donors (Lipinski definition) is 3. The molecule has 1 aromatic carbocycles. The molecule has 0 amide bonds. The Morgan fingerprint density at radius 1 is 1.00 bits per heavy atom. The molecular formula is C28H38BrFN8O. The van der Waals surface area contributed by atoms with Crippen LogP contribution in [0.15, 0.2) is 35.1 Å². The summed E-state index contributed by atoms with van der Waals surface area (Å²) in [6, 6.07) is 5.36. The summed E-state index contributed by atoms with van der Waals surface area (Å²) in [7, 11) is 2.21. The molecule has 2 saturated heterocycles. The zero-order chi connectivity index (χ0) is 27.7. The van der Waals surface area contributed by atoms with Gasteiger partial charge in [-0.2, -0.15) is 10.1 Å². The summed E-state index contributed by atoms with van der Waals surface area (Å²) >= 11 is 3.50. The van der Waals surface area contributed by atoms with Crippen molar-refractivity contribution in [2.24, 2.45) is 0 Å². The van der Waals surface area contributed by atoms with Crippen LogP contribution >= 0.6 is 15.9 Å². The van der Waals surface area contributed by atoms with Crippen molar-refractivity contribution in [3.05, 3.63) is 52.1 Å². The molecule has 210 valence electrons. The Morgan fingerprint density at radius 3 is 2.38 bits per heavy atom. The van der Waals surface area contributed by atoms with Crippen molar-refractivity contribution in [1.82, 2.24) is 29.5 Å². The maximum atomic E-state index is 13.9. The minimum atomic E-state index is -1.24. The number of halogens is 2. The number of rotatable bonds is 7. The minimum Gasteiger partial charge on any atom is -0.386 e. The second-order valence-electron chi connectivity index (χ2n) is 11.3. The van der Waals surface area contributed by atoms with Crippen molar-refractivity contribution in [3.63, 3.8) is 0 Å². The number of hydrogen-bond acceptors (Lipinski definition) is 8. The van der Waals surface area contributed by atoms with Crippen LogP contribution in [-0.2, 0) is 5.60 Å². The van der Waals surface area contributed by atoms with E-state index < -0.39 is 11.4 Å². The molecule has 2 fully saturated rings. The monoisotopic (exact) mass is 600 g/mol. The number of benzene rings is 1. The number of aromatic nitrogens is 4. The van der Waals surface area contributed by atoms with Crippen molar-refractivity contribution in [2.45, 2.75) is 64.1 Å². The van der Waals surface area contributed by atoms with Gasteiger partial charge in [0.25, 0.3) is 0 Å². The van der Waals surface area contributed by atoms with Gasteiger partial charge >= 0.3 is 0 Å². The van der Waals surface area contributed by atoms with Crippen LogP contribution in [0.2, 0.25) is 0 Å². The minimum absolute atomic E-state index is 0.380. The Balaban J connectivity index is 1.26. The fourth-order valence-corrected chi connectivity index (χ4v) is 5.95. The summed E-state index contributed by atoms with van der Waals surface area (Å²) in [5, 5.41) is 21.8. The number of nitrogens with one attached hydrogen (secondary N) is 2. The quantitative estimate of drug-likeness (QED) is 0.335. The Morgan fingerprint density at radius 2 is 1.69 bits per heavy atom. The molecule has 0 atom stereocenters. The third-order valence-corrected chi connectivity index (χ3v) is 8.56. The number of anilines is 4. The molecule has 0 spiro atoms. The maximum Gasteiger partial charge on any atom is 0.229 e. The number of nitrogens with zero attached hydrogens (tertiary/aromatic N) is 6. The van der Waals surface area contributed by atoms with Crippen molar-refractivity contribution < 1.29 is 9.50 Å². The highest BCUT2D eigenvalue weighted by Crippen LogP contribution is 2.34. The Kier molecular flexibility index (Phi) is 8.23. The van der Waals surface area contributed by atoms with Gasteiger partial charge in [-0.05, 0) is 101 Å². The van der Waals surface area contributed by atoms with Crippen LogP contribution in [0.4, 0.5) is 27.5 Å². The standard InChI is InChI=1S/C28H38BrFN8O/c1-18-25(17-32-38(18)21-9-13-37(14-10-21)20-7-11-36(4)12-8-20)34-27-31-16-23(29)26(35-27)33-24-6-5-19(30)15-22(24)28(2,3)39/h5-6,15-17,20-21,39H,7-14H2,1-4H3,(H2,31,33,34,35). The molecule has 0 bridgehead atoms. The smallest absolute Gasteiger partial charge is 0.229 e. The summed E-state index contributed by atoms with van der Waals surface area (Å²) in [5.41, 5.74) is 1.67. The second kappa shape index (κ2) is 11.5. The van der Waals surface area contributed by atoms with Crippen molar-refractivity contribution in [2.75, 3.05) is 43.9 Å². The molecule has 0 aliphatic carbocycles. The zero-order valence-corrected chi connectivity index (χ0v) is 24.7. The van der Waals surface area contributed by atoms with Crippen LogP contribution in [-0.4, -0.2) is 73.9 Å². The van der Waals surface area contributed by atoms with Gasteiger partial charge in [-0.1, -0.05) is 0 Å². The Bertz CT molecular complexity index is 1290. The lowest BCUT2D eigenvalue weighted by Gasteiger charge is -2.41. The van der Waals surface area contributed by atoms with Crippen molar-refractivity contribution in [1.29, 1.82) is 0 Å². The zero-order valence-electron chi connectivity index (χ0n) is 23.1. The van der Waals surface area contributed by atoms with Gasteiger partial charge in [0.05, 0.1) is 33.7 Å². The molecule has 0 radical (unpaired) electrons. The van der Waals surface area contributed by atoms with E-state index in [1.807, 2.05) is 6.20 Å². The molecule has 11 heteroatoms. The first kappa shape index (κ1) is 27.9. The molecule has 4 heterocycles. The van der Waals surface area contributed by atoms with Crippen LogP contribution in [0.5, 0.6) is 0 Å². The van der Waals surface area contributed by atoms with Gasteiger partial charge < -0.3 is 25.5 Å². The van der Waals surface area contributed by atoms with E-state index in [0.717, 1.165) is 37.3 Å². The first-order valence-corrected chi connectivity index (χ1v) is 14.4. The van der Waals surface area contributed by atoms with Crippen LogP contribution in [0, 0.1) is 12.7 Å². The normalized spacial score (nSPS) is 18.4. The van der Waals surface area contributed by atoms with E-state index in [-0.39, 0.29) is 0 Å². The third-order valence-electron chi connectivity index (χ3n) is 7.98. The van der Waals surface area contributed by atoms with E-state index in [1.165, 1.54) is 38.1 Å². The lowest BCUT2D eigenvalue weighted by Crippen LogP contribution is -2.47. The lowest BCUT2D eigenvalue weighted by molar-refractivity contribution is 0.0790. The van der Waals surface area contributed by atoms with Crippen LogP contribution in [0.3, 0.4) is 0 Å². The van der Waals surface area contributed by atoms with Gasteiger partial charge in [0.1, 0.15) is 11.6 Å². The molecule has 2 aromatic heterocycles. The number of aliphatic hydroxyl groups is 1. The average Bonchev–Trinajstić information content (AvgIpc) is 3.26. The van der Waals surface area contributed by atoms with Gasteiger partial charge in [0, 0.05) is 36.6 Å². The molecule has 0 saturated carbocycles. The van der Waals surface area contributed by atoms with E-state index in [2.05, 4.69) is 65.0 Å². The van der Waals surface area contributed by atoms with Gasteiger partial charge in [-0.15, -0.1) is 0 Å². The summed E-state index contributed by atoms with van der Waals surface area (Å²) in [6.07, 6.45) is 8.21. The van der Waals surface area contributed by atoms with E-state index >= 15 is 0 Å². The molecule has 0 unspecified atom stereocenters. The summed E-state index contributed by atoms with van der Waals surface area (Å²) in [5.74, 6) is 0.491. The molecule has 9 nitrogen and oxygen atoms in total. The lowest BCUT2D eigenvalue weighted by atomic mass is 9.96. The molecule has 3 aromatic rings.